The van der Waals surface area contributed by atoms with Gasteiger partial charge in [-0.15, -0.1) is 0 Å². The second-order valence-corrected chi connectivity index (χ2v) is 10.7. The highest BCUT2D eigenvalue weighted by atomic mass is 19.3. The Balaban J connectivity index is 1.39. The first-order valence-electron chi connectivity index (χ1n) is 12.9. The van der Waals surface area contributed by atoms with E-state index < -0.39 is 48.8 Å². The van der Waals surface area contributed by atoms with Gasteiger partial charge in [0.05, 0.1) is 18.2 Å². The lowest BCUT2D eigenvalue weighted by Crippen LogP contribution is -2.51. The first-order valence-corrected chi connectivity index (χ1v) is 12.9. The summed E-state index contributed by atoms with van der Waals surface area (Å²) in [4.78, 5) is 58.6. The molecule has 2 fully saturated rings. The Morgan fingerprint density at radius 3 is 2.65 bits per heavy atom. The number of pyridine rings is 1. The number of carboxylic acids is 1. The van der Waals surface area contributed by atoms with Crippen molar-refractivity contribution in [3.63, 3.8) is 0 Å². The molecular weight excluding hydrogens is 526 g/mol. The number of H-pyrrole nitrogens is 1. The van der Waals surface area contributed by atoms with Crippen LogP contribution < -0.4 is 10.2 Å². The van der Waals surface area contributed by atoms with Crippen molar-refractivity contribution < 1.29 is 33.1 Å². The number of aromatic nitrogens is 3. The van der Waals surface area contributed by atoms with Gasteiger partial charge < -0.3 is 20.2 Å². The van der Waals surface area contributed by atoms with Gasteiger partial charge in [0.2, 0.25) is 11.8 Å². The van der Waals surface area contributed by atoms with Gasteiger partial charge in [0, 0.05) is 34.8 Å². The highest BCUT2D eigenvalue weighted by Crippen LogP contribution is 2.49. The number of nitrogens with one attached hydrogen (secondary N) is 2. The van der Waals surface area contributed by atoms with E-state index in [9.17, 15) is 33.1 Å². The molecule has 3 aliphatic rings. The van der Waals surface area contributed by atoms with Gasteiger partial charge in [-0.1, -0.05) is 0 Å². The molecule has 0 unspecified atom stereocenters. The van der Waals surface area contributed by atoms with E-state index in [1.807, 2.05) is 0 Å². The minimum Gasteiger partial charge on any atom is -0.480 e. The SMILES string of the molecule is Cc1c(C(=O)c2cnc3[nH]ncc3c2)ccc2c1C1(CCNCC1)C(=O)N2CC(=O)N1CC(F)(F)C[C@@H]1C(=O)O. The number of halogens is 2. The van der Waals surface area contributed by atoms with Crippen LogP contribution in [0, 0.1) is 6.92 Å². The van der Waals surface area contributed by atoms with E-state index >= 15 is 0 Å². The summed E-state index contributed by atoms with van der Waals surface area (Å²) < 4.78 is 28.1. The number of alkyl halides is 2. The van der Waals surface area contributed by atoms with Crippen molar-refractivity contribution in [1.29, 1.82) is 0 Å². The third kappa shape index (κ3) is 3.95. The highest BCUT2D eigenvalue weighted by molar-refractivity contribution is 6.15. The number of piperidine rings is 1. The molecule has 3 N–H and O–H groups in total. The molecule has 3 aromatic rings. The van der Waals surface area contributed by atoms with Crippen LogP contribution in [0.1, 0.15) is 46.3 Å². The number of nitrogens with zero attached hydrogens (tertiary/aromatic N) is 4. The minimum absolute atomic E-state index is 0.287. The largest absolute Gasteiger partial charge is 0.480 e. The zero-order chi connectivity index (χ0) is 28.4. The van der Waals surface area contributed by atoms with Crippen LogP contribution >= 0.6 is 0 Å². The molecule has 1 aromatic carbocycles. The number of ketones is 1. The zero-order valence-corrected chi connectivity index (χ0v) is 21.5. The van der Waals surface area contributed by atoms with Crippen LogP contribution in [0.3, 0.4) is 0 Å². The second kappa shape index (κ2) is 9.15. The molecule has 5 heterocycles. The molecule has 11 nitrogen and oxygen atoms in total. The molecule has 208 valence electrons. The van der Waals surface area contributed by atoms with Crippen molar-refractivity contribution in [2.75, 3.05) is 31.1 Å². The van der Waals surface area contributed by atoms with E-state index in [1.54, 1.807) is 31.3 Å². The maximum Gasteiger partial charge on any atom is 0.326 e. The molecule has 2 amide bonds. The molecule has 2 saturated heterocycles. The number of likely N-dealkylation sites (tertiary alicyclic amines) is 1. The van der Waals surface area contributed by atoms with Gasteiger partial charge in [-0.05, 0) is 62.2 Å². The molecule has 1 atom stereocenters. The summed E-state index contributed by atoms with van der Waals surface area (Å²) in [5, 5.41) is 20.0. The molecule has 6 rings (SSSR count). The number of hydrogen-bond donors (Lipinski definition) is 3. The third-order valence-corrected chi connectivity index (χ3v) is 8.29. The summed E-state index contributed by atoms with van der Waals surface area (Å²) in [7, 11) is 0. The molecule has 0 aliphatic carbocycles. The van der Waals surface area contributed by atoms with Crippen LogP contribution in [-0.4, -0.2) is 86.9 Å². The lowest BCUT2D eigenvalue weighted by atomic mass is 9.71. The number of carboxylic acid groups (broad SMARTS) is 1. The summed E-state index contributed by atoms with van der Waals surface area (Å²) in [6, 6.07) is 3.21. The van der Waals surface area contributed by atoms with Gasteiger partial charge in [-0.3, -0.25) is 19.5 Å². The van der Waals surface area contributed by atoms with E-state index in [4.69, 9.17) is 0 Å². The maximum atomic E-state index is 14.1. The fourth-order valence-electron chi connectivity index (χ4n) is 6.36. The predicted octanol–water partition coefficient (Wildman–Crippen LogP) is 1.79. The molecular formula is C27H26F2N6O5. The zero-order valence-electron chi connectivity index (χ0n) is 21.5. The number of hydrogen-bond acceptors (Lipinski definition) is 7. The summed E-state index contributed by atoms with van der Waals surface area (Å²) in [5.41, 5.74) is 1.93. The van der Waals surface area contributed by atoms with Crippen molar-refractivity contribution in [1.82, 2.24) is 25.4 Å². The Morgan fingerprint density at radius 1 is 1.18 bits per heavy atom. The third-order valence-electron chi connectivity index (χ3n) is 8.29. The fraction of sp³-hybridized carbons (Fsp3) is 0.407. The molecule has 2 aromatic heterocycles. The van der Waals surface area contributed by atoms with Crippen LogP contribution in [-0.2, 0) is 19.8 Å². The number of carbonyl (C=O) groups is 4. The lowest BCUT2D eigenvalue weighted by molar-refractivity contribution is -0.147. The van der Waals surface area contributed by atoms with Crippen molar-refractivity contribution in [3.8, 4) is 0 Å². The van der Waals surface area contributed by atoms with Crippen molar-refractivity contribution in [3.05, 3.63) is 52.8 Å². The first kappa shape index (κ1) is 26.0. The predicted molar refractivity (Wildman–Crippen MR) is 137 cm³/mol. The Hall–Kier alpha value is -4.26. The van der Waals surface area contributed by atoms with E-state index in [0.717, 1.165) is 0 Å². The van der Waals surface area contributed by atoms with Gasteiger partial charge in [0.15, 0.2) is 11.4 Å². The number of carbonyl (C=O) groups excluding carboxylic acids is 3. The average molecular weight is 553 g/mol. The first-order chi connectivity index (χ1) is 19.0. The smallest absolute Gasteiger partial charge is 0.326 e. The number of rotatable bonds is 5. The number of anilines is 1. The molecule has 0 radical (unpaired) electrons. The normalized spacial score (nSPS) is 21.3. The summed E-state index contributed by atoms with van der Waals surface area (Å²) in [6.07, 6.45) is 2.89. The molecule has 13 heteroatoms. The highest BCUT2D eigenvalue weighted by Gasteiger charge is 2.55. The van der Waals surface area contributed by atoms with E-state index in [-0.39, 0.29) is 11.7 Å². The Bertz CT molecular complexity index is 1580. The lowest BCUT2D eigenvalue weighted by Gasteiger charge is -2.34. The fourth-order valence-corrected chi connectivity index (χ4v) is 6.36. The van der Waals surface area contributed by atoms with E-state index in [1.165, 1.54) is 11.1 Å². The Labute approximate surface area is 226 Å². The summed E-state index contributed by atoms with van der Waals surface area (Å²) >= 11 is 0. The van der Waals surface area contributed by atoms with Crippen molar-refractivity contribution >= 4 is 40.3 Å². The summed E-state index contributed by atoms with van der Waals surface area (Å²) in [6.45, 7) is 1.23. The number of fused-ring (bicyclic) bond motifs is 3. The van der Waals surface area contributed by atoms with Crippen LogP contribution in [0.4, 0.5) is 14.5 Å². The van der Waals surface area contributed by atoms with Gasteiger partial charge in [-0.2, -0.15) is 5.10 Å². The number of amides is 2. The quantitative estimate of drug-likeness (QED) is 0.406. The van der Waals surface area contributed by atoms with E-state index in [0.29, 0.717) is 69.8 Å². The molecule has 40 heavy (non-hydrogen) atoms. The van der Waals surface area contributed by atoms with Gasteiger partial charge in [0.1, 0.15) is 12.6 Å². The summed E-state index contributed by atoms with van der Waals surface area (Å²) in [5.74, 6) is -6.36. The Morgan fingerprint density at radius 2 is 1.93 bits per heavy atom. The molecule has 3 aliphatic heterocycles. The topological polar surface area (TPSA) is 149 Å². The number of aromatic amines is 1. The molecule has 1 spiro atoms. The minimum atomic E-state index is -3.33. The van der Waals surface area contributed by atoms with E-state index in [2.05, 4.69) is 20.5 Å². The second-order valence-electron chi connectivity index (χ2n) is 10.7. The Kier molecular flexibility index (Phi) is 5.95. The van der Waals surface area contributed by atoms with Crippen molar-refractivity contribution in [2.24, 2.45) is 0 Å². The van der Waals surface area contributed by atoms with Gasteiger partial charge in [0.25, 0.3) is 5.92 Å². The van der Waals surface area contributed by atoms with Gasteiger partial charge >= 0.3 is 5.97 Å². The van der Waals surface area contributed by atoms with Crippen LogP contribution in [0.2, 0.25) is 0 Å². The van der Waals surface area contributed by atoms with Crippen LogP contribution in [0.5, 0.6) is 0 Å². The average Bonchev–Trinajstić information content (AvgIpc) is 3.59. The molecule has 0 bridgehead atoms. The number of aliphatic carboxylic acids is 1. The standard InChI is InChI=1S/C27H26F2N6O5/c1-14-17(22(37)15-8-16-11-32-33-23(16)31-10-15)2-3-18-21(14)26(4-6-30-7-5-26)25(40)34(18)12-20(36)35-13-27(28,29)9-19(35)24(38)39/h2-3,8,10-11,19,30H,4-7,9,12-13H2,1H3,(H,38,39)(H,31,32,33)/t19-/m1/s1. The maximum absolute atomic E-state index is 14.1. The number of benzene rings is 1. The van der Waals surface area contributed by atoms with Gasteiger partial charge in [-0.25, -0.2) is 18.6 Å². The van der Waals surface area contributed by atoms with Crippen LogP contribution in [0.25, 0.3) is 11.0 Å². The monoisotopic (exact) mass is 552 g/mol. The van der Waals surface area contributed by atoms with Crippen LogP contribution in [0.15, 0.2) is 30.6 Å². The molecule has 0 saturated carbocycles. The van der Waals surface area contributed by atoms with Crippen molar-refractivity contribution in [2.45, 2.75) is 43.6 Å².